The number of ether oxygens (including phenoxy) is 1. The highest BCUT2D eigenvalue weighted by Gasteiger charge is 2.20. The molecule has 1 rings (SSSR count). The average Bonchev–Trinajstić information content (AvgIpc) is 2.34. The second kappa shape index (κ2) is 8.48. The van der Waals surface area contributed by atoms with E-state index in [1.807, 2.05) is 6.92 Å². The lowest BCUT2D eigenvalue weighted by molar-refractivity contribution is -0.122. The number of rotatable bonds is 7. The van der Waals surface area contributed by atoms with E-state index in [9.17, 15) is 4.79 Å². The molecule has 0 aliphatic heterocycles. The van der Waals surface area contributed by atoms with Crippen molar-refractivity contribution in [3.8, 4) is 0 Å². The van der Waals surface area contributed by atoms with Gasteiger partial charge in [0, 0.05) is 32.2 Å². The number of nitrogens with two attached hydrogens (primary N) is 1. The summed E-state index contributed by atoms with van der Waals surface area (Å²) in [6, 6.07) is 0.554. The Morgan fingerprint density at radius 3 is 2.94 bits per heavy atom. The van der Waals surface area contributed by atoms with Gasteiger partial charge in [-0.3, -0.25) is 4.79 Å². The molecule has 1 saturated carbocycles. The zero-order valence-corrected chi connectivity index (χ0v) is 11.8. The summed E-state index contributed by atoms with van der Waals surface area (Å²) >= 11 is 0. The van der Waals surface area contributed by atoms with Crippen molar-refractivity contribution in [1.29, 1.82) is 0 Å². The van der Waals surface area contributed by atoms with E-state index in [0.717, 1.165) is 25.7 Å². The van der Waals surface area contributed by atoms with Crippen molar-refractivity contribution < 1.29 is 9.53 Å². The molecule has 0 aromatic heterocycles. The summed E-state index contributed by atoms with van der Waals surface area (Å²) in [7, 11) is 1.68. The highest BCUT2D eigenvalue weighted by Crippen LogP contribution is 2.26. The van der Waals surface area contributed by atoms with Crippen LogP contribution in [0, 0.1) is 5.92 Å². The zero-order valence-electron chi connectivity index (χ0n) is 11.8. The van der Waals surface area contributed by atoms with Gasteiger partial charge in [-0.15, -0.1) is 0 Å². The molecule has 3 unspecified atom stereocenters. The van der Waals surface area contributed by atoms with E-state index in [1.54, 1.807) is 7.11 Å². The van der Waals surface area contributed by atoms with Crippen molar-refractivity contribution in [2.75, 3.05) is 13.7 Å². The summed E-state index contributed by atoms with van der Waals surface area (Å²) in [6.45, 7) is 2.71. The standard InChI is InChI=1S/C14H28N2O2/c1-11(8-9-18-2)16-14(17)7-6-12-4-3-5-13(15)10-12/h11-13H,3-10,15H2,1-2H3,(H,16,17). The van der Waals surface area contributed by atoms with Gasteiger partial charge in [-0.25, -0.2) is 0 Å². The van der Waals surface area contributed by atoms with Crippen LogP contribution in [-0.4, -0.2) is 31.7 Å². The van der Waals surface area contributed by atoms with E-state index in [-0.39, 0.29) is 11.9 Å². The van der Waals surface area contributed by atoms with Crippen LogP contribution < -0.4 is 11.1 Å². The molecule has 4 nitrogen and oxygen atoms in total. The van der Waals surface area contributed by atoms with Crippen molar-refractivity contribution in [3.05, 3.63) is 0 Å². The Labute approximate surface area is 111 Å². The van der Waals surface area contributed by atoms with Gasteiger partial charge in [0.2, 0.25) is 5.91 Å². The van der Waals surface area contributed by atoms with Gasteiger partial charge in [0.15, 0.2) is 0 Å². The van der Waals surface area contributed by atoms with Crippen molar-refractivity contribution in [2.45, 2.75) is 64.0 Å². The summed E-state index contributed by atoms with van der Waals surface area (Å²) in [4.78, 5) is 11.8. The van der Waals surface area contributed by atoms with Crippen LogP contribution in [-0.2, 0) is 9.53 Å². The smallest absolute Gasteiger partial charge is 0.220 e. The molecule has 1 aliphatic rings. The molecule has 3 atom stereocenters. The lowest BCUT2D eigenvalue weighted by Crippen LogP contribution is -2.34. The minimum Gasteiger partial charge on any atom is -0.385 e. The molecule has 0 aromatic carbocycles. The molecule has 1 fully saturated rings. The number of methoxy groups -OCH3 is 1. The lowest BCUT2D eigenvalue weighted by Gasteiger charge is -2.26. The summed E-state index contributed by atoms with van der Waals surface area (Å²) in [6.07, 6.45) is 7.18. The van der Waals surface area contributed by atoms with Crippen LogP contribution in [0.1, 0.15) is 51.9 Å². The van der Waals surface area contributed by atoms with Crippen molar-refractivity contribution in [3.63, 3.8) is 0 Å². The van der Waals surface area contributed by atoms with E-state index < -0.39 is 0 Å². The second-order valence-electron chi connectivity index (χ2n) is 5.58. The predicted octanol–water partition coefficient (Wildman–Crippen LogP) is 1.83. The molecule has 0 radical (unpaired) electrons. The SMILES string of the molecule is COCCC(C)NC(=O)CCC1CCCC(N)C1. The summed E-state index contributed by atoms with van der Waals surface area (Å²) in [5.41, 5.74) is 5.95. The Hall–Kier alpha value is -0.610. The molecular weight excluding hydrogens is 228 g/mol. The highest BCUT2D eigenvalue weighted by molar-refractivity contribution is 5.76. The lowest BCUT2D eigenvalue weighted by atomic mass is 9.83. The fourth-order valence-electron chi connectivity index (χ4n) is 2.64. The Morgan fingerprint density at radius 1 is 1.50 bits per heavy atom. The highest BCUT2D eigenvalue weighted by atomic mass is 16.5. The molecule has 4 heteroatoms. The zero-order chi connectivity index (χ0) is 13.4. The molecular formula is C14H28N2O2. The van der Waals surface area contributed by atoms with Gasteiger partial charge in [0.05, 0.1) is 0 Å². The topological polar surface area (TPSA) is 64.3 Å². The number of amides is 1. The largest absolute Gasteiger partial charge is 0.385 e. The predicted molar refractivity (Wildman–Crippen MR) is 73.3 cm³/mol. The number of carbonyl (C=O) groups is 1. The first-order chi connectivity index (χ1) is 8.61. The Bertz CT molecular complexity index is 246. The second-order valence-corrected chi connectivity index (χ2v) is 5.58. The average molecular weight is 256 g/mol. The first-order valence-corrected chi connectivity index (χ1v) is 7.15. The van der Waals surface area contributed by atoms with E-state index in [1.165, 1.54) is 12.8 Å². The van der Waals surface area contributed by atoms with Crippen molar-refractivity contribution in [2.24, 2.45) is 11.7 Å². The molecule has 0 bridgehead atoms. The fraction of sp³-hybridized carbons (Fsp3) is 0.929. The monoisotopic (exact) mass is 256 g/mol. The first kappa shape index (κ1) is 15.4. The molecule has 1 aliphatic carbocycles. The Balaban J connectivity index is 2.12. The molecule has 106 valence electrons. The van der Waals surface area contributed by atoms with Gasteiger partial charge < -0.3 is 15.8 Å². The number of hydrogen-bond donors (Lipinski definition) is 2. The summed E-state index contributed by atoms with van der Waals surface area (Å²) in [5.74, 6) is 0.812. The van der Waals surface area contributed by atoms with Crippen LogP contribution in [0.4, 0.5) is 0 Å². The molecule has 0 saturated heterocycles. The van der Waals surface area contributed by atoms with Crippen molar-refractivity contribution in [1.82, 2.24) is 5.32 Å². The van der Waals surface area contributed by atoms with Gasteiger partial charge in [-0.1, -0.05) is 12.8 Å². The third-order valence-corrected chi connectivity index (χ3v) is 3.77. The quantitative estimate of drug-likeness (QED) is 0.730. The third kappa shape index (κ3) is 6.36. The van der Waals surface area contributed by atoms with Crippen LogP contribution in [0.5, 0.6) is 0 Å². The van der Waals surface area contributed by atoms with Crippen LogP contribution in [0.3, 0.4) is 0 Å². The summed E-state index contributed by atoms with van der Waals surface area (Å²) in [5, 5.41) is 3.02. The van der Waals surface area contributed by atoms with Gasteiger partial charge in [0.25, 0.3) is 0 Å². The van der Waals surface area contributed by atoms with E-state index in [0.29, 0.717) is 25.0 Å². The first-order valence-electron chi connectivity index (χ1n) is 7.15. The van der Waals surface area contributed by atoms with Gasteiger partial charge in [-0.2, -0.15) is 0 Å². The van der Waals surface area contributed by atoms with Gasteiger partial charge in [-0.05, 0) is 38.5 Å². The molecule has 0 spiro atoms. The van der Waals surface area contributed by atoms with Gasteiger partial charge >= 0.3 is 0 Å². The molecule has 18 heavy (non-hydrogen) atoms. The van der Waals surface area contributed by atoms with E-state index >= 15 is 0 Å². The van der Waals surface area contributed by atoms with Gasteiger partial charge in [0.1, 0.15) is 0 Å². The molecule has 1 amide bonds. The Kier molecular flexibility index (Phi) is 7.28. The normalized spacial score (nSPS) is 25.7. The van der Waals surface area contributed by atoms with E-state index in [2.05, 4.69) is 5.32 Å². The van der Waals surface area contributed by atoms with Crippen LogP contribution in [0.2, 0.25) is 0 Å². The Morgan fingerprint density at radius 2 is 2.28 bits per heavy atom. The number of hydrogen-bond acceptors (Lipinski definition) is 3. The fourth-order valence-corrected chi connectivity index (χ4v) is 2.64. The van der Waals surface area contributed by atoms with E-state index in [4.69, 9.17) is 10.5 Å². The molecule has 3 N–H and O–H groups in total. The van der Waals surface area contributed by atoms with Crippen LogP contribution in [0.25, 0.3) is 0 Å². The maximum absolute atomic E-state index is 11.8. The minimum atomic E-state index is 0.165. The third-order valence-electron chi connectivity index (χ3n) is 3.77. The maximum Gasteiger partial charge on any atom is 0.220 e. The number of nitrogens with one attached hydrogen (secondary N) is 1. The molecule has 0 aromatic rings. The maximum atomic E-state index is 11.8. The van der Waals surface area contributed by atoms with Crippen LogP contribution >= 0.6 is 0 Å². The van der Waals surface area contributed by atoms with Crippen molar-refractivity contribution >= 4 is 5.91 Å². The number of carbonyl (C=O) groups excluding carboxylic acids is 1. The summed E-state index contributed by atoms with van der Waals surface area (Å²) < 4.78 is 5.00. The van der Waals surface area contributed by atoms with Crippen LogP contribution in [0.15, 0.2) is 0 Å². The molecule has 0 heterocycles. The minimum absolute atomic E-state index is 0.165.